The van der Waals surface area contributed by atoms with E-state index in [1.165, 1.54) is 33.8 Å². The Morgan fingerprint density at radius 2 is 1.17 bits per heavy atom. The molecule has 0 atom stereocenters. The summed E-state index contributed by atoms with van der Waals surface area (Å²) in [6, 6.07) is 27.6. The molecule has 0 saturated heterocycles. The molecule has 4 rings (SSSR count). The zero-order valence-corrected chi connectivity index (χ0v) is 13.8. The normalized spacial score (nSPS) is 12.6. The summed E-state index contributed by atoms with van der Waals surface area (Å²) in [7, 11) is 0. The molecule has 0 radical (unpaired) electrons. The number of hydrogen-bond acceptors (Lipinski definition) is 2. The first-order valence-corrected chi connectivity index (χ1v) is 8.16. The lowest BCUT2D eigenvalue weighted by Crippen LogP contribution is -2.18. The molecule has 0 aliphatic carbocycles. The summed E-state index contributed by atoms with van der Waals surface area (Å²) in [6.45, 7) is 2.06. The minimum atomic E-state index is 1.04. The van der Waals surface area contributed by atoms with Crippen LogP contribution in [0.4, 0.5) is 17.1 Å². The van der Waals surface area contributed by atoms with E-state index in [1.807, 2.05) is 0 Å². The highest BCUT2D eigenvalue weighted by molar-refractivity contribution is 7.84. The molecule has 1 heterocycles. The fourth-order valence-electron chi connectivity index (χ4n) is 3.28. The molecule has 0 aromatic heterocycles. The average Bonchev–Trinajstić information content (AvgIpc) is 2.59. The van der Waals surface area contributed by atoms with Gasteiger partial charge in [0.1, 0.15) is 0 Å². The van der Waals surface area contributed by atoms with Crippen LogP contribution in [-0.4, -0.2) is 0 Å². The van der Waals surface area contributed by atoms with E-state index in [4.69, 9.17) is 0 Å². The van der Waals surface area contributed by atoms with E-state index >= 15 is 0 Å². The minimum absolute atomic E-state index is 1.04. The summed E-state index contributed by atoms with van der Waals surface area (Å²) in [5.74, 6) is 0. The molecule has 0 amide bonds. The number of nitrogens with zero attached hydrogens (tertiary/aromatic N) is 1. The van der Waals surface area contributed by atoms with Crippen LogP contribution in [0.15, 0.2) is 83.8 Å². The van der Waals surface area contributed by atoms with Gasteiger partial charge in [-0.25, -0.2) is 0 Å². The molecule has 112 valence electrons. The van der Waals surface area contributed by atoms with Crippen LogP contribution >= 0.6 is 12.6 Å². The molecule has 1 aliphatic heterocycles. The molecule has 1 aliphatic rings. The Balaban J connectivity index is 2.07. The van der Waals surface area contributed by atoms with Gasteiger partial charge in [-0.2, -0.15) is 0 Å². The summed E-state index contributed by atoms with van der Waals surface area (Å²) in [6.07, 6.45) is 0. The number of benzene rings is 3. The molecule has 0 bridgehead atoms. The third-order valence-electron chi connectivity index (χ3n) is 4.20. The Bertz CT molecular complexity index is 843. The van der Waals surface area contributed by atoms with Crippen molar-refractivity contribution < 1.29 is 0 Å². The third-order valence-corrected chi connectivity index (χ3v) is 4.43. The molecular weight excluding hydrogens is 298 g/mol. The summed E-state index contributed by atoms with van der Waals surface area (Å²) in [5, 5.41) is 0. The van der Waals surface area contributed by atoms with Crippen molar-refractivity contribution >= 4 is 35.3 Å². The van der Waals surface area contributed by atoms with Crippen molar-refractivity contribution in [2.75, 3.05) is 4.90 Å². The van der Waals surface area contributed by atoms with E-state index in [1.54, 1.807) is 0 Å². The minimum Gasteiger partial charge on any atom is -0.309 e. The Hall–Kier alpha value is -2.45. The smallest absolute Gasteiger partial charge is 0.0540 e. The van der Waals surface area contributed by atoms with Gasteiger partial charge in [0.25, 0.3) is 0 Å². The Kier molecular flexibility index (Phi) is 3.47. The Labute approximate surface area is 142 Å². The van der Waals surface area contributed by atoms with Gasteiger partial charge in [-0.15, -0.1) is 12.6 Å². The first-order valence-electron chi connectivity index (χ1n) is 7.71. The van der Waals surface area contributed by atoms with E-state index in [0.29, 0.717) is 0 Å². The maximum atomic E-state index is 4.67. The van der Waals surface area contributed by atoms with E-state index in [-0.39, 0.29) is 0 Å². The monoisotopic (exact) mass is 315 g/mol. The first kappa shape index (κ1) is 14.2. The van der Waals surface area contributed by atoms with Crippen molar-refractivity contribution in [1.82, 2.24) is 0 Å². The number of fused-ring (bicyclic) bond motifs is 2. The SMILES string of the molecule is CC(S)=C1c2ccccc2N(c2ccccc2)c2ccccc21. The van der Waals surface area contributed by atoms with Crippen LogP contribution in [0.3, 0.4) is 0 Å². The second-order valence-corrected chi connectivity index (χ2v) is 6.34. The third kappa shape index (κ3) is 2.27. The predicted molar refractivity (Wildman–Crippen MR) is 102 cm³/mol. The van der Waals surface area contributed by atoms with Gasteiger partial charge in [0, 0.05) is 22.4 Å². The molecule has 0 fully saturated rings. The summed E-state index contributed by atoms with van der Waals surface area (Å²) in [5.41, 5.74) is 7.22. The predicted octanol–water partition coefficient (Wildman–Crippen LogP) is 6.18. The van der Waals surface area contributed by atoms with Crippen molar-refractivity contribution in [3.63, 3.8) is 0 Å². The molecule has 2 heteroatoms. The number of thiol groups is 1. The number of para-hydroxylation sites is 3. The van der Waals surface area contributed by atoms with Crippen molar-refractivity contribution in [2.45, 2.75) is 6.92 Å². The lowest BCUT2D eigenvalue weighted by atomic mass is 9.89. The van der Waals surface area contributed by atoms with Gasteiger partial charge in [0.15, 0.2) is 0 Å². The molecular formula is C21H17NS. The second-order valence-electron chi connectivity index (χ2n) is 5.67. The number of anilines is 3. The number of rotatable bonds is 1. The maximum Gasteiger partial charge on any atom is 0.0540 e. The quantitative estimate of drug-likeness (QED) is 0.410. The molecule has 1 nitrogen and oxygen atoms in total. The number of allylic oxidation sites excluding steroid dienone is 1. The Morgan fingerprint density at radius 3 is 1.70 bits per heavy atom. The summed E-state index contributed by atoms with van der Waals surface area (Å²) in [4.78, 5) is 3.36. The van der Waals surface area contributed by atoms with Crippen LogP contribution in [0.1, 0.15) is 18.1 Å². The van der Waals surface area contributed by atoms with Crippen LogP contribution < -0.4 is 4.90 Å². The van der Waals surface area contributed by atoms with Gasteiger partial charge in [-0.3, -0.25) is 0 Å². The fraction of sp³-hybridized carbons (Fsp3) is 0.0476. The highest BCUT2D eigenvalue weighted by Crippen LogP contribution is 2.49. The van der Waals surface area contributed by atoms with Gasteiger partial charge in [-0.1, -0.05) is 54.6 Å². The van der Waals surface area contributed by atoms with Crippen LogP contribution in [0, 0.1) is 0 Å². The van der Waals surface area contributed by atoms with Crippen molar-refractivity contribution in [1.29, 1.82) is 0 Å². The topological polar surface area (TPSA) is 3.24 Å². The van der Waals surface area contributed by atoms with Crippen LogP contribution in [0.5, 0.6) is 0 Å². The highest BCUT2D eigenvalue weighted by atomic mass is 32.1. The molecule has 0 N–H and O–H groups in total. The van der Waals surface area contributed by atoms with Gasteiger partial charge >= 0.3 is 0 Å². The maximum absolute atomic E-state index is 4.67. The molecule has 0 spiro atoms. The largest absolute Gasteiger partial charge is 0.309 e. The van der Waals surface area contributed by atoms with Gasteiger partial charge in [0.2, 0.25) is 0 Å². The zero-order chi connectivity index (χ0) is 15.8. The average molecular weight is 315 g/mol. The summed E-state index contributed by atoms with van der Waals surface area (Å²) < 4.78 is 0. The molecule has 3 aromatic carbocycles. The van der Waals surface area contributed by atoms with Gasteiger partial charge < -0.3 is 4.90 Å². The van der Waals surface area contributed by atoms with Crippen molar-refractivity contribution in [3.05, 3.63) is 94.9 Å². The number of hydrogen-bond donors (Lipinski definition) is 1. The Morgan fingerprint density at radius 1 is 0.696 bits per heavy atom. The van der Waals surface area contributed by atoms with E-state index in [2.05, 4.69) is 103 Å². The first-order chi connectivity index (χ1) is 11.3. The summed E-state index contributed by atoms with van der Waals surface area (Å²) >= 11 is 4.67. The lowest BCUT2D eigenvalue weighted by Gasteiger charge is -2.35. The zero-order valence-electron chi connectivity index (χ0n) is 12.9. The lowest BCUT2D eigenvalue weighted by molar-refractivity contribution is 1.23. The highest BCUT2D eigenvalue weighted by Gasteiger charge is 2.27. The van der Waals surface area contributed by atoms with Crippen molar-refractivity contribution in [2.24, 2.45) is 0 Å². The molecule has 3 aromatic rings. The van der Waals surface area contributed by atoms with E-state index in [9.17, 15) is 0 Å². The molecule has 0 unspecified atom stereocenters. The van der Waals surface area contributed by atoms with Crippen LogP contribution in [0.25, 0.3) is 5.57 Å². The second kappa shape index (κ2) is 5.64. The van der Waals surface area contributed by atoms with E-state index in [0.717, 1.165) is 4.91 Å². The molecule has 0 saturated carbocycles. The molecule has 23 heavy (non-hydrogen) atoms. The van der Waals surface area contributed by atoms with Gasteiger partial charge in [-0.05, 0) is 36.1 Å². The van der Waals surface area contributed by atoms with Crippen molar-refractivity contribution in [3.8, 4) is 0 Å². The fourth-order valence-corrected chi connectivity index (χ4v) is 3.52. The standard InChI is InChI=1S/C21H17NS/c1-15(23)21-17-11-5-7-13-19(17)22(16-9-3-2-4-10-16)20-14-8-6-12-18(20)21/h2-14,23H,1H3. The van der Waals surface area contributed by atoms with Crippen LogP contribution in [-0.2, 0) is 0 Å². The van der Waals surface area contributed by atoms with Crippen LogP contribution in [0.2, 0.25) is 0 Å². The van der Waals surface area contributed by atoms with Gasteiger partial charge in [0.05, 0.1) is 11.4 Å². The van der Waals surface area contributed by atoms with E-state index < -0.39 is 0 Å².